The first-order valence-electron chi connectivity index (χ1n) is 19.2. The molecular formula is C50H30B5N3. The van der Waals surface area contributed by atoms with Crippen molar-refractivity contribution in [3.63, 3.8) is 0 Å². The number of hydrogen-bond donors (Lipinski definition) is 0. The van der Waals surface area contributed by atoms with E-state index in [4.69, 9.17) is 54.2 Å². The van der Waals surface area contributed by atoms with E-state index in [0.29, 0.717) is 17.2 Å². The van der Waals surface area contributed by atoms with Gasteiger partial charge < -0.3 is 0 Å². The van der Waals surface area contributed by atoms with Gasteiger partial charge in [0.05, 0.1) is 0 Å². The van der Waals surface area contributed by atoms with E-state index < -0.39 is 0 Å². The molecule has 0 saturated heterocycles. The standard InChI is InChI=1S/C50H30B5N3/c1-50(2)38-18-6-5-15-36(38)40-37(17-9-19-39(40)50)48-56-47(57-49(58-48)41-42(51)44(53)46(55)45(54)43(41)52)33-13-7-12-28(26-33)29-20-21-31-25-32(23-22-30(31)24-29)35-16-8-11-27-10-3-4-14-34(27)35/h3-26H,1-2H3. The molecule has 0 fully saturated rings. The smallest absolute Gasteiger partial charge is 0.164 e. The third kappa shape index (κ3) is 5.69. The van der Waals surface area contributed by atoms with E-state index in [1.807, 2.05) is 12.1 Å². The molecule has 0 aliphatic heterocycles. The van der Waals surface area contributed by atoms with Gasteiger partial charge in [-0.3, -0.25) is 0 Å². The molecule has 1 heterocycles. The highest BCUT2D eigenvalue weighted by Crippen LogP contribution is 2.51. The Morgan fingerprint density at radius 1 is 0.362 bits per heavy atom. The van der Waals surface area contributed by atoms with Crippen molar-refractivity contribution < 1.29 is 0 Å². The molecule has 10 radical (unpaired) electrons. The van der Waals surface area contributed by atoms with E-state index in [2.05, 4.69) is 147 Å². The highest BCUT2D eigenvalue weighted by molar-refractivity contribution is 6.68. The molecule has 0 atom stereocenters. The summed E-state index contributed by atoms with van der Waals surface area (Å²) in [4.78, 5) is 15.2. The van der Waals surface area contributed by atoms with Gasteiger partial charge in [-0.05, 0) is 84.3 Å². The molecule has 0 bridgehead atoms. The van der Waals surface area contributed by atoms with Crippen LogP contribution in [-0.2, 0) is 5.41 Å². The lowest BCUT2D eigenvalue weighted by Gasteiger charge is -2.22. The van der Waals surface area contributed by atoms with Crippen LogP contribution < -0.4 is 27.3 Å². The van der Waals surface area contributed by atoms with Gasteiger partial charge in [-0.15, -0.1) is 16.4 Å². The van der Waals surface area contributed by atoms with Crippen LogP contribution in [-0.4, -0.2) is 54.2 Å². The van der Waals surface area contributed by atoms with Crippen LogP contribution in [0.4, 0.5) is 0 Å². The maximum Gasteiger partial charge on any atom is 0.164 e. The summed E-state index contributed by atoms with van der Waals surface area (Å²) in [6, 6.07) is 51.2. The van der Waals surface area contributed by atoms with E-state index >= 15 is 0 Å². The van der Waals surface area contributed by atoms with E-state index in [0.717, 1.165) is 44.2 Å². The van der Waals surface area contributed by atoms with Crippen molar-refractivity contribution in [2.75, 3.05) is 0 Å². The minimum absolute atomic E-state index is 0.126. The molecule has 0 spiro atoms. The first-order valence-corrected chi connectivity index (χ1v) is 19.2. The van der Waals surface area contributed by atoms with Crippen LogP contribution in [0.25, 0.3) is 89.1 Å². The molecule has 10 rings (SSSR count). The van der Waals surface area contributed by atoms with E-state index in [1.54, 1.807) is 0 Å². The Morgan fingerprint density at radius 2 is 0.897 bits per heavy atom. The summed E-state index contributed by atoms with van der Waals surface area (Å²) in [5.74, 6) is 1.16. The van der Waals surface area contributed by atoms with Gasteiger partial charge in [-0.1, -0.05) is 152 Å². The molecule has 58 heavy (non-hydrogen) atoms. The van der Waals surface area contributed by atoms with Crippen molar-refractivity contribution in [1.29, 1.82) is 0 Å². The van der Waals surface area contributed by atoms with Gasteiger partial charge in [0.1, 0.15) is 39.2 Å². The van der Waals surface area contributed by atoms with Crippen LogP contribution in [0.2, 0.25) is 0 Å². The summed E-state index contributed by atoms with van der Waals surface area (Å²) < 4.78 is 0. The topological polar surface area (TPSA) is 38.7 Å². The van der Waals surface area contributed by atoms with Crippen molar-refractivity contribution in [2.45, 2.75) is 19.3 Å². The average Bonchev–Trinajstić information content (AvgIpc) is 3.50. The minimum Gasteiger partial charge on any atom is -0.208 e. The predicted octanol–water partition coefficient (Wildman–Crippen LogP) is 6.79. The third-order valence-corrected chi connectivity index (χ3v) is 11.8. The SMILES string of the molecule is [B]c1c([B])c([B])c(-c2nc(-c3cccc(-c4ccc5cc(-c6cccc7ccccc67)ccc5c4)c3)nc(-c3cccc4c3-c3ccccc3C4(C)C)n2)c([B])c1[B]. The number of hydrogen-bond acceptors (Lipinski definition) is 3. The van der Waals surface area contributed by atoms with E-state index in [1.165, 1.54) is 33.0 Å². The highest BCUT2D eigenvalue weighted by Gasteiger charge is 2.37. The second kappa shape index (κ2) is 13.6. The second-order valence-electron chi connectivity index (χ2n) is 15.5. The van der Waals surface area contributed by atoms with Crippen LogP contribution in [0.5, 0.6) is 0 Å². The Labute approximate surface area is 345 Å². The lowest BCUT2D eigenvalue weighted by atomic mass is 9.60. The highest BCUT2D eigenvalue weighted by atomic mass is 15.0. The monoisotopic (exact) mass is 727 g/mol. The van der Waals surface area contributed by atoms with Gasteiger partial charge in [0.15, 0.2) is 17.5 Å². The Balaban J connectivity index is 1.12. The van der Waals surface area contributed by atoms with Crippen LogP contribution in [0.1, 0.15) is 25.0 Å². The predicted molar refractivity (Wildman–Crippen MR) is 247 cm³/mol. The quantitative estimate of drug-likeness (QED) is 0.184. The van der Waals surface area contributed by atoms with Gasteiger partial charge >= 0.3 is 0 Å². The Morgan fingerprint density at radius 3 is 1.71 bits per heavy atom. The molecule has 0 N–H and O–H groups in total. The van der Waals surface area contributed by atoms with Crippen LogP contribution in [0, 0.1) is 0 Å². The molecule has 1 aliphatic carbocycles. The van der Waals surface area contributed by atoms with Crippen molar-refractivity contribution in [1.82, 2.24) is 15.0 Å². The maximum absolute atomic E-state index is 6.62. The fourth-order valence-electron chi connectivity index (χ4n) is 8.68. The summed E-state index contributed by atoms with van der Waals surface area (Å²) >= 11 is 0. The number of aromatic nitrogens is 3. The largest absolute Gasteiger partial charge is 0.208 e. The Bertz CT molecular complexity index is 3140. The van der Waals surface area contributed by atoms with Gasteiger partial charge in [0, 0.05) is 22.1 Å². The molecule has 260 valence electrons. The number of benzene rings is 8. The lowest BCUT2D eigenvalue weighted by molar-refractivity contribution is 0.660. The molecule has 0 amide bonds. The van der Waals surface area contributed by atoms with Crippen molar-refractivity contribution >= 4 is 88.1 Å². The van der Waals surface area contributed by atoms with Gasteiger partial charge in [-0.2, -0.15) is 0 Å². The first kappa shape index (κ1) is 36.0. The molecule has 0 saturated carbocycles. The number of rotatable bonds is 5. The minimum atomic E-state index is -0.221. The molecule has 8 heteroatoms. The molecule has 1 aliphatic rings. The lowest BCUT2D eigenvalue weighted by Crippen LogP contribution is -2.55. The molecule has 3 nitrogen and oxygen atoms in total. The van der Waals surface area contributed by atoms with E-state index in [9.17, 15) is 0 Å². The molecule has 0 unspecified atom stereocenters. The van der Waals surface area contributed by atoms with Gasteiger partial charge in [0.2, 0.25) is 0 Å². The molecular weight excluding hydrogens is 697 g/mol. The zero-order valence-electron chi connectivity index (χ0n) is 32.1. The zero-order valence-corrected chi connectivity index (χ0v) is 32.1. The summed E-state index contributed by atoms with van der Waals surface area (Å²) in [5.41, 5.74) is 11.6. The Kier molecular flexibility index (Phi) is 8.46. The molecule has 9 aromatic rings. The normalized spacial score (nSPS) is 12.8. The molecule has 1 aromatic heterocycles. The first-order chi connectivity index (χ1) is 28.1. The number of nitrogens with zero attached hydrogens (tertiary/aromatic N) is 3. The van der Waals surface area contributed by atoms with Crippen molar-refractivity contribution in [3.8, 4) is 67.5 Å². The van der Waals surface area contributed by atoms with Gasteiger partial charge in [-0.25, -0.2) is 15.0 Å². The van der Waals surface area contributed by atoms with Gasteiger partial charge in [0.25, 0.3) is 0 Å². The van der Waals surface area contributed by atoms with Crippen LogP contribution in [0.15, 0.2) is 146 Å². The van der Waals surface area contributed by atoms with Crippen molar-refractivity contribution in [2.24, 2.45) is 0 Å². The van der Waals surface area contributed by atoms with E-state index in [-0.39, 0.29) is 38.6 Å². The zero-order chi connectivity index (χ0) is 39.9. The summed E-state index contributed by atoms with van der Waals surface area (Å²) in [6.07, 6.45) is 0. The maximum atomic E-state index is 6.62. The second-order valence-corrected chi connectivity index (χ2v) is 15.5. The van der Waals surface area contributed by atoms with Crippen molar-refractivity contribution in [3.05, 3.63) is 157 Å². The van der Waals surface area contributed by atoms with Crippen LogP contribution in [0.3, 0.4) is 0 Å². The summed E-state index contributed by atoms with van der Waals surface area (Å²) in [7, 11) is 32.2. The van der Waals surface area contributed by atoms with Crippen LogP contribution >= 0.6 is 0 Å². The fourth-order valence-corrected chi connectivity index (χ4v) is 8.68. The summed E-state index contributed by atoms with van der Waals surface area (Å²) in [6.45, 7) is 4.49. The number of fused-ring (bicyclic) bond motifs is 5. The average molecular weight is 727 g/mol. The molecule has 8 aromatic carbocycles. The Hall–Kier alpha value is -6.39. The fraction of sp³-hybridized carbons (Fsp3) is 0.0600. The third-order valence-electron chi connectivity index (χ3n) is 11.8. The summed E-state index contributed by atoms with van der Waals surface area (Å²) in [5, 5.41) is 4.77.